The van der Waals surface area contributed by atoms with Gasteiger partial charge in [0.15, 0.2) is 0 Å². The van der Waals surface area contributed by atoms with E-state index in [1.807, 2.05) is 49.3 Å². The number of nitrogens with zero attached hydrogens (tertiary/aromatic N) is 2. The standard InChI is InChI=1S/C15H16N4/c1-19(2)13-6-4-12(5-7-13)18-15-8-3-11(10-16)9-14(15)17/h3-9,18H,17H2,1-2H3. The molecule has 0 atom stereocenters. The summed E-state index contributed by atoms with van der Waals surface area (Å²) in [6, 6.07) is 15.3. The molecule has 0 radical (unpaired) electrons. The van der Waals surface area contributed by atoms with Crippen molar-refractivity contribution in [3.63, 3.8) is 0 Å². The first-order valence-electron chi connectivity index (χ1n) is 5.94. The second-order valence-corrected chi connectivity index (χ2v) is 4.48. The Bertz CT molecular complexity index is 609. The van der Waals surface area contributed by atoms with E-state index in [0.717, 1.165) is 17.1 Å². The van der Waals surface area contributed by atoms with Crippen LogP contribution in [0.15, 0.2) is 42.5 Å². The largest absolute Gasteiger partial charge is 0.397 e. The quantitative estimate of drug-likeness (QED) is 0.824. The monoisotopic (exact) mass is 252 g/mol. The number of benzene rings is 2. The van der Waals surface area contributed by atoms with Crippen LogP contribution in [-0.2, 0) is 0 Å². The van der Waals surface area contributed by atoms with E-state index in [9.17, 15) is 0 Å². The van der Waals surface area contributed by atoms with Crippen LogP contribution in [0, 0.1) is 11.3 Å². The molecular weight excluding hydrogens is 236 g/mol. The third kappa shape index (κ3) is 2.96. The lowest BCUT2D eigenvalue weighted by molar-refractivity contribution is 1.13. The Kier molecular flexibility index (Phi) is 3.58. The van der Waals surface area contributed by atoms with Gasteiger partial charge >= 0.3 is 0 Å². The van der Waals surface area contributed by atoms with E-state index in [2.05, 4.69) is 11.4 Å². The van der Waals surface area contributed by atoms with E-state index in [1.54, 1.807) is 12.1 Å². The zero-order valence-corrected chi connectivity index (χ0v) is 11.0. The predicted molar refractivity (Wildman–Crippen MR) is 79.6 cm³/mol. The molecule has 0 aliphatic heterocycles. The zero-order chi connectivity index (χ0) is 13.8. The number of nitrogens with one attached hydrogen (secondary N) is 1. The highest BCUT2D eigenvalue weighted by molar-refractivity contribution is 5.74. The Morgan fingerprint density at radius 2 is 1.79 bits per heavy atom. The average Bonchev–Trinajstić information content (AvgIpc) is 2.41. The molecular formula is C15H16N4. The molecule has 2 aromatic carbocycles. The smallest absolute Gasteiger partial charge is 0.0992 e. The maximum absolute atomic E-state index is 8.79. The van der Waals surface area contributed by atoms with Crippen molar-refractivity contribution in [2.24, 2.45) is 0 Å². The third-order valence-corrected chi connectivity index (χ3v) is 2.84. The minimum absolute atomic E-state index is 0.561. The summed E-state index contributed by atoms with van der Waals surface area (Å²) in [5.74, 6) is 0. The molecule has 0 aliphatic carbocycles. The van der Waals surface area contributed by atoms with Gasteiger partial charge in [-0.2, -0.15) is 5.26 Å². The van der Waals surface area contributed by atoms with Crippen molar-refractivity contribution in [1.82, 2.24) is 0 Å². The number of nitriles is 1. The predicted octanol–water partition coefficient (Wildman–Crippen LogP) is 2.95. The van der Waals surface area contributed by atoms with Gasteiger partial charge in [-0.3, -0.25) is 0 Å². The van der Waals surface area contributed by atoms with Gasteiger partial charge < -0.3 is 16.0 Å². The number of anilines is 4. The van der Waals surface area contributed by atoms with Crippen molar-refractivity contribution in [3.05, 3.63) is 48.0 Å². The molecule has 2 aromatic rings. The first-order valence-corrected chi connectivity index (χ1v) is 5.94. The highest BCUT2D eigenvalue weighted by Crippen LogP contribution is 2.25. The number of hydrogen-bond donors (Lipinski definition) is 2. The summed E-state index contributed by atoms with van der Waals surface area (Å²) >= 11 is 0. The lowest BCUT2D eigenvalue weighted by atomic mass is 10.2. The number of nitrogens with two attached hydrogens (primary N) is 1. The number of hydrogen-bond acceptors (Lipinski definition) is 4. The third-order valence-electron chi connectivity index (χ3n) is 2.84. The summed E-state index contributed by atoms with van der Waals surface area (Å²) in [6.07, 6.45) is 0. The summed E-state index contributed by atoms with van der Waals surface area (Å²) in [7, 11) is 4.00. The van der Waals surface area contributed by atoms with E-state index >= 15 is 0 Å². The summed E-state index contributed by atoms with van der Waals surface area (Å²) in [5, 5.41) is 12.0. The van der Waals surface area contributed by atoms with E-state index in [4.69, 9.17) is 11.0 Å². The second kappa shape index (κ2) is 5.32. The topological polar surface area (TPSA) is 65.1 Å². The fourth-order valence-corrected chi connectivity index (χ4v) is 1.74. The molecule has 96 valence electrons. The summed E-state index contributed by atoms with van der Waals surface area (Å²) in [5.41, 5.74) is 9.93. The van der Waals surface area contributed by atoms with Crippen LogP contribution >= 0.6 is 0 Å². The fourth-order valence-electron chi connectivity index (χ4n) is 1.74. The van der Waals surface area contributed by atoms with Crippen molar-refractivity contribution in [1.29, 1.82) is 5.26 Å². The molecule has 19 heavy (non-hydrogen) atoms. The molecule has 0 aliphatic rings. The molecule has 0 heterocycles. The van der Waals surface area contributed by atoms with Crippen molar-refractivity contribution in [2.45, 2.75) is 0 Å². The van der Waals surface area contributed by atoms with E-state index in [1.165, 1.54) is 0 Å². The molecule has 0 bridgehead atoms. The lowest BCUT2D eigenvalue weighted by Gasteiger charge is -2.14. The van der Waals surface area contributed by atoms with E-state index < -0.39 is 0 Å². The van der Waals surface area contributed by atoms with Crippen LogP contribution in [0.25, 0.3) is 0 Å². The van der Waals surface area contributed by atoms with Gasteiger partial charge in [0.05, 0.1) is 23.0 Å². The van der Waals surface area contributed by atoms with Gasteiger partial charge in [0, 0.05) is 25.5 Å². The molecule has 0 unspecified atom stereocenters. The SMILES string of the molecule is CN(C)c1ccc(Nc2ccc(C#N)cc2N)cc1. The van der Waals surface area contributed by atoms with Crippen LogP contribution in [0.4, 0.5) is 22.7 Å². The molecule has 4 heteroatoms. The Morgan fingerprint density at radius 1 is 1.11 bits per heavy atom. The molecule has 0 fully saturated rings. The molecule has 4 nitrogen and oxygen atoms in total. The highest BCUT2D eigenvalue weighted by atomic mass is 15.1. The van der Waals surface area contributed by atoms with Crippen LogP contribution in [0.5, 0.6) is 0 Å². The lowest BCUT2D eigenvalue weighted by Crippen LogP contribution is -2.08. The number of rotatable bonds is 3. The van der Waals surface area contributed by atoms with Crippen LogP contribution in [0.1, 0.15) is 5.56 Å². The van der Waals surface area contributed by atoms with Gasteiger partial charge in [0.25, 0.3) is 0 Å². The summed E-state index contributed by atoms with van der Waals surface area (Å²) < 4.78 is 0. The van der Waals surface area contributed by atoms with Gasteiger partial charge in [0.1, 0.15) is 0 Å². The molecule has 0 saturated carbocycles. The Hall–Kier alpha value is -2.67. The molecule has 2 rings (SSSR count). The molecule has 0 aromatic heterocycles. The maximum Gasteiger partial charge on any atom is 0.0992 e. The van der Waals surface area contributed by atoms with Gasteiger partial charge in [-0.05, 0) is 42.5 Å². The fraction of sp³-hybridized carbons (Fsp3) is 0.133. The molecule has 0 saturated heterocycles. The van der Waals surface area contributed by atoms with Gasteiger partial charge in [-0.15, -0.1) is 0 Å². The first kappa shape index (κ1) is 12.8. The first-order chi connectivity index (χ1) is 9.10. The minimum Gasteiger partial charge on any atom is -0.397 e. The Balaban J connectivity index is 2.19. The van der Waals surface area contributed by atoms with Gasteiger partial charge in [-0.1, -0.05) is 0 Å². The van der Waals surface area contributed by atoms with Crippen molar-refractivity contribution < 1.29 is 0 Å². The normalized spacial score (nSPS) is 9.74. The van der Waals surface area contributed by atoms with Crippen LogP contribution in [0.3, 0.4) is 0 Å². The summed E-state index contributed by atoms with van der Waals surface area (Å²) in [6.45, 7) is 0. The Morgan fingerprint density at radius 3 is 2.32 bits per heavy atom. The molecule has 3 N–H and O–H groups in total. The summed E-state index contributed by atoms with van der Waals surface area (Å²) in [4.78, 5) is 2.04. The maximum atomic E-state index is 8.79. The zero-order valence-electron chi connectivity index (χ0n) is 11.0. The van der Waals surface area contributed by atoms with Crippen molar-refractivity contribution >= 4 is 22.7 Å². The van der Waals surface area contributed by atoms with E-state index in [0.29, 0.717) is 11.3 Å². The van der Waals surface area contributed by atoms with Crippen LogP contribution in [-0.4, -0.2) is 14.1 Å². The average molecular weight is 252 g/mol. The molecule has 0 spiro atoms. The number of nitrogen functional groups attached to an aromatic ring is 1. The van der Waals surface area contributed by atoms with Crippen molar-refractivity contribution in [2.75, 3.05) is 30.0 Å². The Labute approximate surface area is 113 Å². The van der Waals surface area contributed by atoms with E-state index in [-0.39, 0.29) is 0 Å². The molecule has 0 amide bonds. The second-order valence-electron chi connectivity index (χ2n) is 4.48. The van der Waals surface area contributed by atoms with Crippen LogP contribution in [0.2, 0.25) is 0 Å². The van der Waals surface area contributed by atoms with Gasteiger partial charge in [-0.25, -0.2) is 0 Å². The van der Waals surface area contributed by atoms with Crippen molar-refractivity contribution in [3.8, 4) is 6.07 Å². The van der Waals surface area contributed by atoms with Crippen LogP contribution < -0.4 is 16.0 Å². The van der Waals surface area contributed by atoms with Gasteiger partial charge in [0.2, 0.25) is 0 Å². The highest BCUT2D eigenvalue weighted by Gasteiger charge is 2.02. The minimum atomic E-state index is 0.561.